The highest BCUT2D eigenvalue weighted by Crippen LogP contribution is 2.18. The van der Waals surface area contributed by atoms with Gasteiger partial charge in [0.25, 0.3) is 6.43 Å². The second-order valence-corrected chi connectivity index (χ2v) is 3.79. The van der Waals surface area contributed by atoms with E-state index in [0.29, 0.717) is 5.69 Å². The Bertz CT molecular complexity index is 525. The standard InChI is InChI=1S/C13H14F2N2O3/c1-3-20-13(19)10(11(18)12(14)15)17-16-9-6-4-8(2)5-7-9/h4-7,12,18H,3H2,1-2H3/b11-10-,17-16?. The largest absolute Gasteiger partial charge is 0.505 e. The Morgan fingerprint density at radius 1 is 1.35 bits per heavy atom. The van der Waals surface area contributed by atoms with Crippen molar-refractivity contribution in [3.63, 3.8) is 0 Å². The molecular weight excluding hydrogens is 270 g/mol. The molecule has 0 unspecified atom stereocenters. The number of hydrogen-bond acceptors (Lipinski definition) is 5. The highest BCUT2D eigenvalue weighted by molar-refractivity contribution is 5.88. The lowest BCUT2D eigenvalue weighted by molar-refractivity contribution is -0.139. The first-order valence-electron chi connectivity index (χ1n) is 5.82. The Morgan fingerprint density at radius 3 is 2.45 bits per heavy atom. The van der Waals surface area contributed by atoms with Gasteiger partial charge in [0.2, 0.25) is 5.70 Å². The number of azo groups is 1. The summed E-state index contributed by atoms with van der Waals surface area (Å²) in [5, 5.41) is 16.2. The van der Waals surface area contributed by atoms with Crippen LogP contribution in [0.1, 0.15) is 12.5 Å². The normalized spacial score (nSPS) is 12.7. The molecule has 0 radical (unpaired) electrons. The second-order valence-electron chi connectivity index (χ2n) is 3.79. The number of aryl methyl sites for hydroxylation is 1. The van der Waals surface area contributed by atoms with Gasteiger partial charge in [0.05, 0.1) is 12.3 Å². The molecule has 0 saturated carbocycles. The van der Waals surface area contributed by atoms with Crippen LogP contribution in [0, 0.1) is 6.92 Å². The van der Waals surface area contributed by atoms with E-state index in [4.69, 9.17) is 0 Å². The maximum atomic E-state index is 12.4. The summed E-state index contributed by atoms with van der Waals surface area (Å²) >= 11 is 0. The zero-order chi connectivity index (χ0) is 15.1. The molecule has 0 aliphatic heterocycles. The van der Waals surface area contributed by atoms with Gasteiger partial charge in [0.1, 0.15) is 0 Å². The Hall–Kier alpha value is -2.31. The molecular formula is C13H14F2N2O3. The summed E-state index contributed by atoms with van der Waals surface area (Å²) < 4.78 is 29.4. The summed E-state index contributed by atoms with van der Waals surface area (Å²) in [6.45, 7) is 3.35. The number of benzene rings is 1. The molecule has 0 atom stereocenters. The number of hydrogen-bond donors (Lipinski definition) is 1. The maximum absolute atomic E-state index is 12.4. The Balaban J connectivity index is 3.04. The summed E-state index contributed by atoms with van der Waals surface area (Å²) in [5.74, 6) is -2.61. The van der Waals surface area contributed by atoms with Crippen molar-refractivity contribution < 1.29 is 23.4 Å². The van der Waals surface area contributed by atoms with Crippen molar-refractivity contribution in [2.45, 2.75) is 20.3 Å². The van der Waals surface area contributed by atoms with E-state index < -0.39 is 23.9 Å². The van der Waals surface area contributed by atoms with Crippen LogP contribution in [-0.2, 0) is 9.53 Å². The fourth-order valence-electron chi connectivity index (χ4n) is 1.22. The maximum Gasteiger partial charge on any atom is 0.362 e. The molecule has 0 spiro atoms. The molecule has 0 aliphatic carbocycles. The zero-order valence-electron chi connectivity index (χ0n) is 11.0. The first-order chi connectivity index (χ1) is 9.45. The molecule has 20 heavy (non-hydrogen) atoms. The minimum absolute atomic E-state index is 0.0289. The van der Waals surface area contributed by atoms with Gasteiger partial charge >= 0.3 is 5.97 Å². The van der Waals surface area contributed by atoms with Crippen molar-refractivity contribution in [1.82, 2.24) is 0 Å². The van der Waals surface area contributed by atoms with Gasteiger partial charge in [-0.05, 0) is 26.0 Å². The summed E-state index contributed by atoms with van der Waals surface area (Å²) in [4.78, 5) is 11.4. The molecule has 0 fully saturated rings. The van der Waals surface area contributed by atoms with Crippen LogP contribution < -0.4 is 0 Å². The summed E-state index contributed by atoms with van der Waals surface area (Å²) in [5.41, 5.74) is 0.447. The molecule has 108 valence electrons. The van der Waals surface area contributed by atoms with E-state index in [9.17, 15) is 18.7 Å². The lowest BCUT2D eigenvalue weighted by Crippen LogP contribution is -2.11. The van der Waals surface area contributed by atoms with Crippen molar-refractivity contribution in [2.24, 2.45) is 10.2 Å². The van der Waals surface area contributed by atoms with Gasteiger partial charge < -0.3 is 9.84 Å². The number of ether oxygens (including phenoxy) is 1. The number of aliphatic hydroxyl groups excluding tert-OH is 1. The average Bonchev–Trinajstić information content (AvgIpc) is 2.41. The average molecular weight is 284 g/mol. The minimum atomic E-state index is -3.23. The van der Waals surface area contributed by atoms with Gasteiger partial charge in [-0.2, -0.15) is 5.11 Å². The van der Waals surface area contributed by atoms with Crippen LogP contribution in [0.2, 0.25) is 0 Å². The Kier molecular flexibility index (Phi) is 5.76. The number of carbonyl (C=O) groups is 1. The first-order valence-corrected chi connectivity index (χ1v) is 5.82. The van der Waals surface area contributed by atoms with Gasteiger partial charge in [-0.25, -0.2) is 13.6 Å². The molecule has 0 saturated heterocycles. The van der Waals surface area contributed by atoms with Crippen LogP contribution in [0.25, 0.3) is 0 Å². The third-order valence-electron chi connectivity index (χ3n) is 2.22. The number of aliphatic hydroxyl groups is 1. The molecule has 1 aromatic carbocycles. The number of nitrogens with zero attached hydrogens (tertiary/aromatic N) is 2. The Morgan fingerprint density at radius 2 is 1.95 bits per heavy atom. The highest BCUT2D eigenvalue weighted by Gasteiger charge is 2.23. The number of allylic oxidation sites excluding steroid dienone is 1. The van der Waals surface area contributed by atoms with Crippen LogP contribution in [0.3, 0.4) is 0 Å². The molecule has 1 aromatic rings. The lowest BCUT2D eigenvalue weighted by Gasteiger charge is -2.04. The smallest absolute Gasteiger partial charge is 0.362 e. The predicted molar refractivity (Wildman–Crippen MR) is 68.0 cm³/mol. The van der Waals surface area contributed by atoms with Crippen LogP contribution in [0.5, 0.6) is 0 Å². The molecule has 0 amide bonds. The fourth-order valence-corrected chi connectivity index (χ4v) is 1.22. The van der Waals surface area contributed by atoms with E-state index >= 15 is 0 Å². The quantitative estimate of drug-likeness (QED) is 0.388. The van der Waals surface area contributed by atoms with E-state index in [2.05, 4.69) is 15.0 Å². The van der Waals surface area contributed by atoms with Crippen LogP contribution >= 0.6 is 0 Å². The van der Waals surface area contributed by atoms with Gasteiger partial charge in [-0.3, -0.25) is 0 Å². The van der Waals surface area contributed by atoms with Gasteiger partial charge in [-0.1, -0.05) is 17.7 Å². The molecule has 0 heterocycles. The lowest BCUT2D eigenvalue weighted by atomic mass is 10.2. The van der Waals surface area contributed by atoms with E-state index in [0.717, 1.165) is 5.56 Å². The van der Waals surface area contributed by atoms with E-state index in [-0.39, 0.29) is 6.61 Å². The summed E-state index contributed by atoms with van der Waals surface area (Å²) in [7, 11) is 0. The van der Waals surface area contributed by atoms with E-state index in [1.54, 1.807) is 24.3 Å². The topological polar surface area (TPSA) is 71.2 Å². The third-order valence-corrected chi connectivity index (χ3v) is 2.22. The highest BCUT2D eigenvalue weighted by atomic mass is 19.3. The molecule has 0 bridgehead atoms. The van der Waals surface area contributed by atoms with Crippen molar-refractivity contribution in [2.75, 3.05) is 6.61 Å². The molecule has 7 heteroatoms. The van der Waals surface area contributed by atoms with Crippen LogP contribution in [0.4, 0.5) is 14.5 Å². The SMILES string of the molecule is CCOC(=O)/C(N=Nc1ccc(C)cc1)=C(/O)C(F)F. The van der Waals surface area contributed by atoms with E-state index in [1.807, 2.05) is 6.92 Å². The second kappa shape index (κ2) is 7.32. The molecule has 1 N–H and O–H groups in total. The third kappa shape index (κ3) is 4.42. The molecule has 0 aliphatic rings. The van der Waals surface area contributed by atoms with Crippen molar-refractivity contribution in [3.8, 4) is 0 Å². The van der Waals surface area contributed by atoms with Crippen LogP contribution in [0.15, 0.2) is 46.0 Å². The Labute approximate surface area is 114 Å². The predicted octanol–water partition coefficient (Wildman–Crippen LogP) is 3.68. The molecule has 5 nitrogen and oxygen atoms in total. The number of halogens is 2. The zero-order valence-corrected chi connectivity index (χ0v) is 11.0. The fraction of sp³-hybridized carbons (Fsp3) is 0.308. The molecule has 1 rings (SSSR count). The summed E-state index contributed by atoms with van der Waals surface area (Å²) in [6.07, 6.45) is -3.23. The minimum Gasteiger partial charge on any atom is -0.505 e. The van der Waals surface area contributed by atoms with E-state index in [1.165, 1.54) is 6.92 Å². The van der Waals surface area contributed by atoms with Crippen LogP contribution in [-0.4, -0.2) is 24.1 Å². The van der Waals surface area contributed by atoms with Gasteiger partial charge in [0.15, 0.2) is 5.76 Å². The monoisotopic (exact) mass is 284 g/mol. The number of alkyl halides is 2. The number of rotatable bonds is 5. The van der Waals surface area contributed by atoms with Crippen molar-refractivity contribution in [1.29, 1.82) is 0 Å². The first kappa shape index (κ1) is 15.7. The van der Waals surface area contributed by atoms with Crippen molar-refractivity contribution >= 4 is 11.7 Å². The van der Waals surface area contributed by atoms with Gasteiger partial charge in [0, 0.05) is 0 Å². The number of carbonyl (C=O) groups excluding carboxylic acids is 1. The van der Waals surface area contributed by atoms with Gasteiger partial charge in [-0.15, -0.1) is 5.11 Å². The summed E-state index contributed by atoms with van der Waals surface area (Å²) in [6, 6.07) is 6.69. The van der Waals surface area contributed by atoms with Crippen molar-refractivity contribution in [3.05, 3.63) is 41.3 Å². The molecule has 0 aromatic heterocycles. The number of esters is 1.